The van der Waals surface area contributed by atoms with Crippen LogP contribution < -0.4 is 5.84 Å². The van der Waals surface area contributed by atoms with Gasteiger partial charge in [-0.25, -0.2) is 5.01 Å². The predicted molar refractivity (Wildman–Crippen MR) is 54.3 cm³/mol. The van der Waals surface area contributed by atoms with E-state index in [0.29, 0.717) is 6.54 Å². The van der Waals surface area contributed by atoms with Crippen molar-refractivity contribution in [3.63, 3.8) is 0 Å². The molecule has 14 heavy (non-hydrogen) atoms. The van der Waals surface area contributed by atoms with Gasteiger partial charge in [-0.15, -0.1) is 0 Å². The summed E-state index contributed by atoms with van der Waals surface area (Å²) in [4.78, 5) is 11.7. The maximum absolute atomic E-state index is 11.7. The van der Waals surface area contributed by atoms with Gasteiger partial charge < -0.3 is 4.74 Å². The summed E-state index contributed by atoms with van der Waals surface area (Å²) >= 11 is 0. The van der Waals surface area contributed by atoms with E-state index < -0.39 is 5.60 Å². The van der Waals surface area contributed by atoms with Crippen molar-refractivity contribution < 1.29 is 9.53 Å². The molecule has 0 saturated carbocycles. The molecule has 0 bridgehead atoms. The SMILES string of the molecule is CC(C)(C)OC(=O)[C@H]1CCCN(N)C1. The van der Waals surface area contributed by atoms with Crippen molar-refractivity contribution in [1.29, 1.82) is 0 Å². The molecule has 0 aromatic carbocycles. The standard InChI is InChI=1S/C10H20N2O2/c1-10(2,3)14-9(13)8-5-4-6-12(11)7-8/h8H,4-7,11H2,1-3H3/t8-/m0/s1. The molecule has 1 fully saturated rings. The normalized spacial score (nSPS) is 24.7. The molecule has 1 saturated heterocycles. The number of hydrazine groups is 1. The molecule has 0 unspecified atom stereocenters. The second-order valence-electron chi connectivity index (χ2n) is 4.87. The van der Waals surface area contributed by atoms with Gasteiger partial charge in [-0.2, -0.15) is 0 Å². The second kappa shape index (κ2) is 4.28. The molecule has 0 aromatic rings. The van der Waals surface area contributed by atoms with Crippen LogP contribution in [0, 0.1) is 5.92 Å². The Labute approximate surface area is 85.4 Å². The lowest BCUT2D eigenvalue weighted by Crippen LogP contribution is -2.44. The maximum Gasteiger partial charge on any atom is 0.310 e. The molecule has 0 radical (unpaired) electrons. The van der Waals surface area contributed by atoms with Crippen LogP contribution in [0.15, 0.2) is 0 Å². The highest BCUT2D eigenvalue weighted by Gasteiger charge is 2.28. The summed E-state index contributed by atoms with van der Waals surface area (Å²) < 4.78 is 5.30. The summed E-state index contributed by atoms with van der Waals surface area (Å²) in [6.45, 7) is 7.14. The predicted octanol–water partition coefficient (Wildman–Crippen LogP) is 0.914. The lowest BCUT2D eigenvalue weighted by atomic mass is 9.99. The summed E-state index contributed by atoms with van der Waals surface area (Å²) in [6, 6.07) is 0. The number of esters is 1. The molecule has 4 nitrogen and oxygen atoms in total. The number of nitrogens with zero attached hydrogens (tertiary/aromatic N) is 1. The highest BCUT2D eigenvalue weighted by molar-refractivity contribution is 5.73. The fourth-order valence-electron chi connectivity index (χ4n) is 1.58. The minimum atomic E-state index is -0.395. The summed E-state index contributed by atoms with van der Waals surface area (Å²) in [5.41, 5.74) is -0.395. The summed E-state index contributed by atoms with van der Waals surface area (Å²) in [5, 5.41) is 1.69. The Morgan fingerprint density at radius 1 is 1.50 bits per heavy atom. The number of hydrogen-bond acceptors (Lipinski definition) is 4. The highest BCUT2D eigenvalue weighted by Crippen LogP contribution is 2.18. The number of ether oxygens (including phenoxy) is 1. The fraction of sp³-hybridized carbons (Fsp3) is 0.900. The number of piperidine rings is 1. The van der Waals surface area contributed by atoms with Crippen molar-refractivity contribution in [2.75, 3.05) is 13.1 Å². The zero-order valence-corrected chi connectivity index (χ0v) is 9.25. The van der Waals surface area contributed by atoms with Crippen LogP contribution in [0.3, 0.4) is 0 Å². The number of carbonyl (C=O) groups is 1. The van der Waals surface area contributed by atoms with Gasteiger partial charge in [-0.1, -0.05) is 0 Å². The van der Waals surface area contributed by atoms with Crippen molar-refractivity contribution in [3.05, 3.63) is 0 Å². The lowest BCUT2D eigenvalue weighted by molar-refractivity contribution is -0.161. The first-order valence-electron chi connectivity index (χ1n) is 5.11. The average Bonchev–Trinajstić information content (AvgIpc) is 2.01. The average molecular weight is 200 g/mol. The smallest absolute Gasteiger partial charge is 0.310 e. The van der Waals surface area contributed by atoms with Crippen LogP contribution in [0.4, 0.5) is 0 Å². The largest absolute Gasteiger partial charge is 0.460 e. The Kier molecular flexibility index (Phi) is 3.50. The number of hydrogen-bond donors (Lipinski definition) is 1. The van der Waals surface area contributed by atoms with Crippen molar-refractivity contribution in [3.8, 4) is 0 Å². The Hall–Kier alpha value is -0.610. The van der Waals surface area contributed by atoms with E-state index in [1.807, 2.05) is 20.8 Å². The van der Waals surface area contributed by atoms with Gasteiger partial charge in [0.1, 0.15) is 5.60 Å². The Bertz CT molecular complexity index is 211. The lowest BCUT2D eigenvalue weighted by Gasteiger charge is -2.30. The number of rotatable bonds is 1. The fourth-order valence-corrected chi connectivity index (χ4v) is 1.58. The van der Waals surface area contributed by atoms with Gasteiger partial charge in [-0.3, -0.25) is 10.6 Å². The molecule has 1 heterocycles. The van der Waals surface area contributed by atoms with Crippen molar-refractivity contribution >= 4 is 5.97 Å². The van der Waals surface area contributed by atoms with Crippen LogP contribution in [-0.2, 0) is 9.53 Å². The second-order valence-corrected chi connectivity index (χ2v) is 4.87. The van der Waals surface area contributed by atoms with Gasteiger partial charge in [0.2, 0.25) is 0 Å². The van der Waals surface area contributed by atoms with Crippen LogP contribution in [0.25, 0.3) is 0 Å². The molecular formula is C10H20N2O2. The van der Waals surface area contributed by atoms with E-state index >= 15 is 0 Å². The first-order chi connectivity index (χ1) is 6.38. The quantitative estimate of drug-likeness (QED) is 0.505. The zero-order valence-electron chi connectivity index (χ0n) is 9.25. The monoisotopic (exact) mass is 200 g/mol. The number of nitrogens with two attached hydrogens (primary N) is 1. The first kappa shape index (κ1) is 11.5. The molecule has 1 rings (SSSR count). The van der Waals surface area contributed by atoms with Gasteiger partial charge in [0.25, 0.3) is 0 Å². The molecule has 2 N–H and O–H groups in total. The molecule has 82 valence electrons. The van der Waals surface area contributed by atoms with Gasteiger partial charge >= 0.3 is 5.97 Å². The molecule has 0 aromatic heterocycles. The van der Waals surface area contributed by atoms with Crippen molar-refractivity contribution in [2.45, 2.75) is 39.2 Å². The Morgan fingerprint density at radius 3 is 2.64 bits per heavy atom. The van der Waals surface area contributed by atoms with E-state index in [4.69, 9.17) is 10.6 Å². The van der Waals surface area contributed by atoms with Gasteiger partial charge in [0.05, 0.1) is 5.92 Å². The topological polar surface area (TPSA) is 55.6 Å². The third-order valence-corrected chi connectivity index (χ3v) is 2.19. The molecule has 1 aliphatic heterocycles. The molecule has 4 heteroatoms. The van der Waals surface area contributed by atoms with Gasteiger partial charge in [0, 0.05) is 13.1 Å². The van der Waals surface area contributed by atoms with E-state index in [2.05, 4.69) is 0 Å². The Balaban J connectivity index is 2.44. The first-order valence-corrected chi connectivity index (χ1v) is 5.11. The van der Waals surface area contributed by atoms with Gasteiger partial charge in [0.15, 0.2) is 0 Å². The summed E-state index contributed by atoms with van der Waals surface area (Å²) in [5.74, 6) is 5.49. The molecular weight excluding hydrogens is 180 g/mol. The van der Waals surface area contributed by atoms with Crippen molar-refractivity contribution in [1.82, 2.24) is 5.01 Å². The minimum absolute atomic E-state index is 0.0482. The van der Waals surface area contributed by atoms with Crippen LogP contribution >= 0.6 is 0 Å². The van der Waals surface area contributed by atoms with Crippen molar-refractivity contribution in [2.24, 2.45) is 11.8 Å². The van der Waals surface area contributed by atoms with E-state index in [0.717, 1.165) is 19.4 Å². The third-order valence-electron chi connectivity index (χ3n) is 2.19. The maximum atomic E-state index is 11.7. The summed E-state index contributed by atoms with van der Waals surface area (Å²) in [6.07, 6.45) is 1.86. The molecule has 0 amide bonds. The molecule has 0 spiro atoms. The van der Waals surface area contributed by atoms with Crippen LogP contribution in [0.5, 0.6) is 0 Å². The van der Waals surface area contributed by atoms with E-state index in [9.17, 15) is 4.79 Å². The van der Waals surface area contributed by atoms with Crippen LogP contribution in [0.2, 0.25) is 0 Å². The molecule has 1 atom stereocenters. The Morgan fingerprint density at radius 2 is 2.14 bits per heavy atom. The van der Waals surface area contributed by atoms with E-state index in [-0.39, 0.29) is 11.9 Å². The number of carbonyl (C=O) groups excluding carboxylic acids is 1. The highest BCUT2D eigenvalue weighted by atomic mass is 16.6. The van der Waals surface area contributed by atoms with Crippen LogP contribution in [0.1, 0.15) is 33.6 Å². The minimum Gasteiger partial charge on any atom is -0.460 e. The molecule has 1 aliphatic rings. The van der Waals surface area contributed by atoms with E-state index in [1.165, 1.54) is 0 Å². The van der Waals surface area contributed by atoms with Gasteiger partial charge in [-0.05, 0) is 33.6 Å². The third kappa shape index (κ3) is 3.64. The summed E-state index contributed by atoms with van der Waals surface area (Å²) in [7, 11) is 0. The molecule has 0 aliphatic carbocycles. The van der Waals surface area contributed by atoms with E-state index in [1.54, 1.807) is 5.01 Å². The van der Waals surface area contributed by atoms with Crippen LogP contribution in [-0.4, -0.2) is 29.7 Å². The zero-order chi connectivity index (χ0) is 10.8.